The van der Waals surface area contributed by atoms with Crippen LogP contribution in [0.4, 0.5) is 5.69 Å². The minimum atomic E-state index is -3.74. The second kappa shape index (κ2) is 11.1. The first kappa shape index (κ1) is 25.4. The van der Waals surface area contributed by atoms with Crippen LogP contribution >= 0.6 is 34.2 Å². The Balaban J connectivity index is 2.43. The van der Waals surface area contributed by atoms with E-state index in [0.29, 0.717) is 22.7 Å². The van der Waals surface area contributed by atoms with E-state index in [1.807, 2.05) is 0 Å². The van der Waals surface area contributed by atoms with Gasteiger partial charge in [0.25, 0.3) is 0 Å². The van der Waals surface area contributed by atoms with Crippen LogP contribution in [0.5, 0.6) is 0 Å². The molecule has 0 unspecified atom stereocenters. The van der Waals surface area contributed by atoms with Crippen molar-refractivity contribution in [1.82, 2.24) is 10.2 Å². The number of hydrogen-bond donors (Lipinski definition) is 1. The van der Waals surface area contributed by atoms with Crippen molar-refractivity contribution in [3.05, 3.63) is 62.7 Å². The maximum atomic E-state index is 13.4. The minimum absolute atomic E-state index is 0.0781. The van der Waals surface area contributed by atoms with Gasteiger partial charge in [-0.05, 0) is 64.9 Å². The van der Waals surface area contributed by atoms with Gasteiger partial charge in [0.05, 0.1) is 11.9 Å². The highest BCUT2D eigenvalue weighted by Gasteiger charge is 2.31. The number of amides is 2. The van der Waals surface area contributed by atoms with Gasteiger partial charge in [-0.1, -0.05) is 36.7 Å². The molecule has 0 spiro atoms. The molecule has 0 aliphatic rings. The molecule has 7 nitrogen and oxygen atoms in total. The number of nitrogens with one attached hydrogen (secondary N) is 1. The summed E-state index contributed by atoms with van der Waals surface area (Å²) < 4.78 is 26.9. The third-order valence-corrected chi connectivity index (χ3v) is 6.95. The summed E-state index contributed by atoms with van der Waals surface area (Å²) in [6.45, 7) is 1.44. The van der Waals surface area contributed by atoms with Gasteiger partial charge >= 0.3 is 0 Å². The molecule has 2 amide bonds. The Bertz CT molecular complexity index is 1030. The second-order valence-electron chi connectivity index (χ2n) is 6.90. The van der Waals surface area contributed by atoms with E-state index in [1.165, 1.54) is 11.9 Å². The van der Waals surface area contributed by atoms with Gasteiger partial charge in [-0.2, -0.15) is 0 Å². The van der Waals surface area contributed by atoms with E-state index in [-0.39, 0.29) is 12.5 Å². The average Bonchev–Trinajstić information content (AvgIpc) is 2.72. The van der Waals surface area contributed by atoms with E-state index in [4.69, 9.17) is 11.6 Å². The highest BCUT2D eigenvalue weighted by atomic mass is 127. The van der Waals surface area contributed by atoms with Gasteiger partial charge in [-0.3, -0.25) is 13.9 Å². The van der Waals surface area contributed by atoms with Gasteiger partial charge in [0.2, 0.25) is 21.8 Å². The van der Waals surface area contributed by atoms with E-state index >= 15 is 0 Å². The first-order valence-corrected chi connectivity index (χ1v) is 12.9. The Labute approximate surface area is 201 Å². The number of rotatable bonds is 9. The Morgan fingerprint density at radius 1 is 1.13 bits per heavy atom. The molecule has 1 N–H and O–H groups in total. The van der Waals surface area contributed by atoms with Crippen LogP contribution in [0, 0.1) is 3.57 Å². The summed E-state index contributed by atoms with van der Waals surface area (Å²) in [5, 5.41) is 3.04. The number of hydrogen-bond acceptors (Lipinski definition) is 4. The van der Waals surface area contributed by atoms with Crippen LogP contribution in [0.15, 0.2) is 48.5 Å². The zero-order valence-corrected chi connectivity index (χ0v) is 21.2. The quantitative estimate of drug-likeness (QED) is 0.464. The standard InChI is InChI=1S/C21H25ClIN3O4S/c1-4-19(21(28)24-2)25(13-15-7-5-6-8-18(15)22)20(27)14-26(31(3,29)30)17-11-9-16(23)10-12-17/h5-12,19H,4,13-14H2,1-3H3,(H,24,28)/t19-/m0/s1. The number of nitrogens with zero attached hydrogens (tertiary/aromatic N) is 2. The summed E-state index contributed by atoms with van der Waals surface area (Å²) >= 11 is 8.40. The van der Waals surface area contributed by atoms with Crippen LogP contribution in [-0.2, 0) is 26.2 Å². The van der Waals surface area contributed by atoms with Crippen molar-refractivity contribution in [1.29, 1.82) is 0 Å². The van der Waals surface area contributed by atoms with Crippen molar-refractivity contribution < 1.29 is 18.0 Å². The van der Waals surface area contributed by atoms with E-state index in [1.54, 1.807) is 55.5 Å². The topological polar surface area (TPSA) is 86.8 Å². The Morgan fingerprint density at radius 2 is 1.74 bits per heavy atom. The molecular weight excluding hydrogens is 553 g/mol. The van der Waals surface area contributed by atoms with Crippen molar-refractivity contribution in [3.63, 3.8) is 0 Å². The summed E-state index contributed by atoms with van der Waals surface area (Å²) in [7, 11) is -2.24. The summed E-state index contributed by atoms with van der Waals surface area (Å²) in [6, 6.07) is 13.1. The Hall–Kier alpha value is -1.85. The molecule has 0 saturated carbocycles. The van der Waals surface area contributed by atoms with E-state index in [0.717, 1.165) is 14.1 Å². The van der Waals surface area contributed by atoms with Gasteiger partial charge in [0, 0.05) is 22.2 Å². The summed E-state index contributed by atoms with van der Waals surface area (Å²) in [5.41, 5.74) is 1.04. The molecule has 0 heterocycles. The van der Waals surface area contributed by atoms with Crippen molar-refractivity contribution in [2.45, 2.75) is 25.9 Å². The van der Waals surface area contributed by atoms with Crippen LogP contribution in [0.3, 0.4) is 0 Å². The molecular formula is C21H25ClIN3O4S. The average molecular weight is 578 g/mol. The fourth-order valence-electron chi connectivity index (χ4n) is 3.12. The second-order valence-corrected chi connectivity index (χ2v) is 10.5. The van der Waals surface area contributed by atoms with Gasteiger partial charge in [0.15, 0.2) is 0 Å². The first-order chi connectivity index (χ1) is 14.6. The number of sulfonamides is 1. The molecule has 10 heteroatoms. The lowest BCUT2D eigenvalue weighted by Crippen LogP contribution is -2.51. The Morgan fingerprint density at radius 3 is 2.26 bits per heavy atom. The number of likely N-dealkylation sites (N-methyl/N-ethyl adjacent to an activating group) is 1. The molecule has 2 aromatic carbocycles. The molecule has 0 radical (unpaired) electrons. The molecule has 0 aromatic heterocycles. The number of carbonyl (C=O) groups is 2. The fourth-order valence-corrected chi connectivity index (χ4v) is 4.52. The smallest absolute Gasteiger partial charge is 0.244 e. The number of halogens is 2. The number of anilines is 1. The highest BCUT2D eigenvalue weighted by molar-refractivity contribution is 14.1. The predicted octanol–water partition coefficient (Wildman–Crippen LogP) is 3.26. The van der Waals surface area contributed by atoms with Crippen molar-refractivity contribution in [2.24, 2.45) is 0 Å². The van der Waals surface area contributed by atoms with E-state index < -0.39 is 28.5 Å². The third-order valence-electron chi connectivity index (χ3n) is 4.72. The monoisotopic (exact) mass is 577 g/mol. The summed E-state index contributed by atoms with van der Waals surface area (Å²) in [4.78, 5) is 27.2. The molecule has 0 saturated heterocycles. The molecule has 2 rings (SSSR count). The molecule has 1 atom stereocenters. The van der Waals surface area contributed by atoms with Crippen LogP contribution in [0.25, 0.3) is 0 Å². The normalized spacial score (nSPS) is 12.2. The van der Waals surface area contributed by atoms with Crippen LogP contribution in [0.2, 0.25) is 5.02 Å². The van der Waals surface area contributed by atoms with Crippen LogP contribution < -0.4 is 9.62 Å². The number of carbonyl (C=O) groups excluding carboxylic acids is 2. The molecule has 0 aliphatic carbocycles. The lowest BCUT2D eigenvalue weighted by Gasteiger charge is -2.32. The van der Waals surface area contributed by atoms with Gasteiger partial charge in [-0.25, -0.2) is 8.42 Å². The SMILES string of the molecule is CC[C@@H](C(=O)NC)N(Cc1ccccc1Cl)C(=O)CN(c1ccc(I)cc1)S(C)(=O)=O. The van der Waals surface area contributed by atoms with Gasteiger partial charge in [0.1, 0.15) is 12.6 Å². The van der Waals surface area contributed by atoms with Crippen LogP contribution in [0.1, 0.15) is 18.9 Å². The Kier molecular flexibility index (Phi) is 9.14. The molecule has 0 bridgehead atoms. The fraction of sp³-hybridized carbons (Fsp3) is 0.333. The third kappa shape index (κ3) is 6.81. The predicted molar refractivity (Wildman–Crippen MR) is 131 cm³/mol. The molecule has 0 fully saturated rings. The summed E-state index contributed by atoms with van der Waals surface area (Å²) in [6.07, 6.45) is 1.41. The van der Waals surface area contributed by atoms with E-state index in [2.05, 4.69) is 27.9 Å². The van der Waals surface area contributed by atoms with Crippen LogP contribution in [-0.4, -0.2) is 51.0 Å². The van der Waals surface area contributed by atoms with Gasteiger partial charge in [-0.15, -0.1) is 0 Å². The highest BCUT2D eigenvalue weighted by Crippen LogP contribution is 2.22. The number of benzene rings is 2. The van der Waals surface area contributed by atoms with Crippen molar-refractivity contribution in [2.75, 3.05) is 24.2 Å². The van der Waals surface area contributed by atoms with Crippen molar-refractivity contribution >= 4 is 61.7 Å². The molecule has 2 aromatic rings. The largest absolute Gasteiger partial charge is 0.357 e. The lowest BCUT2D eigenvalue weighted by molar-refractivity contribution is -0.140. The van der Waals surface area contributed by atoms with Gasteiger partial charge < -0.3 is 10.2 Å². The minimum Gasteiger partial charge on any atom is -0.357 e. The molecule has 168 valence electrons. The summed E-state index contributed by atoms with van der Waals surface area (Å²) in [5.74, 6) is -0.831. The van der Waals surface area contributed by atoms with E-state index in [9.17, 15) is 18.0 Å². The zero-order valence-electron chi connectivity index (χ0n) is 17.5. The molecule has 0 aliphatic heterocycles. The maximum Gasteiger partial charge on any atom is 0.244 e. The zero-order chi connectivity index (χ0) is 23.2. The van der Waals surface area contributed by atoms with Crippen molar-refractivity contribution in [3.8, 4) is 0 Å². The maximum absolute atomic E-state index is 13.4. The first-order valence-electron chi connectivity index (χ1n) is 9.56. The molecule has 31 heavy (non-hydrogen) atoms. The lowest BCUT2D eigenvalue weighted by atomic mass is 10.1.